The second-order valence-corrected chi connectivity index (χ2v) is 4.33. The molecule has 94 valence electrons. The van der Waals surface area contributed by atoms with Gasteiger partial charge in [-0.1, -0.05) is 36.4 Å². The number of aryl methyl sites for hydroxylation is 1. The maximum absolute atomic E-state index is 5.69. The molecule has 0 bridgehead atoms. The SMILES string of the molecule is Cc1cccc(N(CCN)Cc2ccccc2)n1. The molecule has 1 aromatic carbocycles. The number of nitrogens with zero attached hydrogens (tertiary/aromatic N) is 2. The van der Waals surface area contributed by atoms with Crippen LogP contribution >= 0.6 is 0 Å². The van der Waals surface area contributed by atoms with E-state index in [0.717, 1.165) is 24.6 Å². The standard InChI is InChI=1S/C15H19N3/c1-13-6-5-9-15(17-13)18(11-10-16)12-14-7-3-2-4-8-14/h2-9H,10-12,16H2,1H3. The van der Waals surface area contributed by atoms with Gasteiger partial charge in [0.1, 0.15) is 5.82 Å². The summed E-state index contributed by atoms with van der Waals surface area (Å²) in [6.07, 6.45) is 0. The highest BCUT2D eigenvalue weighted by Crippen LogP contribution is 2.14. The predicted octanol–water partition coefficient (Wildman–Crippen LogP) is 2.36. The van der Waals surface area contributed by atoms with Crippen LogP contribution in [0.3, 0.4) is 0 Å². The van der Waals surface area contributed by atoms with E-state index < -0.39 is 0 Å². The van der Waals surface area contributed by atoms with E-state index in [4.69, 9.17) is 5.73 Å². The molecule has 0 aliphatic carbocycles. The lowest BCUT2D eigenvalue weighted by Crippen LogP contribution is -2.29. The lowest BCUT2D eigenvalue weighted by atomic mass is 10.2. The minimum Gasteiger partial charge on any atom is -0.351 e. The molecular formula is C15H19N3. The molecule has 0 saturated carbocycles. The molecule has 0 aliphatic rings. The Bertz CT molecular complexity index is 482. The van der Waals surface area contributed by atoms with Gasteiger partial charge in [-0.2, -0.15) is 0 Å². The van der Waals surface area contributed by atoms with Crippen molar-refractivity contribution >= 4 is 5.82 Å². The van der Waals surface area contributed by atoms with Gasteiger partial charge in [-0.25, -0.2) is 4.98 Å². The second-order valence-electron chi connectivity index (χ2n) is 4.33. The van der Waals surface area contributed by atoms with Crippen molar-refractivity contribution in [1.29, 1.82) is 0 Å². The molecule has 0 atom stereocenters. The molecule has 0 unspecified atom stereocenters. The maximum Gasteiger partial charge on any atom is 0.129 e. The Morgan fingerprint density at radius 1 is 1.06 bits per heavy atom. The Kier molecular flexibility index (Phi) is 4.31. The van der Waals surface area contributed by atoms with Crippen LogP contribution in [0.4, 0.5) is 5.82 Å². The molecule has 2 N–H and O–H groups in total. The molecule has 0 fully saturated rings. The summed E-state index contributed by atoms with van der Waals surface area (Å²) in [4.78, 5) is 6.77. The largest absolute Gasteiger partial charge is 0.351 e. The fourth-order valence-electron chi connectivity index (χ4n) is 1.94. The molecule has 2 aromatic rings. The summed E-state index contributed by atoms with van der Waals surface area (Å²) in [7, 11) is 0. The van der Waals surface area contributed by atoms with Crippen molar-refractivity contribution < 1.29 is 0 Å². The van der Waals surface area contributed by atoms with Crippen molar-refractivity contribution in [2.75, 3.05) is 18.0 Å². The van der Waals surface area contributed by atoms with Gasteiger partial charge in [0.05, 0.1) is 0 Å². The monoisotopic (exact) mass is 241 g/mol. The third kappa shape index (κ3) is 3.31. The Labute approximate surface area is 108 Å². The molecule has 0 saturated heterocycles. The van der Waals surface area contributed by atoms with Crippen LogP contribution in [-0.2, 0) is 6.54 Å². The first-order valence-corrected chi connectivity index (χ1v) is 6.22. The highest BCUT2D eigenvalue weighted by Gasteiger charge is 2.07. The first kappa shape index (κ1) is 12.6. The molecule has 0 aliphatic heterocycles. The summed E-state index contributed by atoms with van der Waals surface area (Å²) in [5.74, 6) is 0.990. The molecule has 3 nitrogen and oxygen atoms in total. The van der Waals surface area contributed by atoms with Crippen molar-refractivity contribution in [3.05, 3.63) is 59.8 Å². The normalized spacial score (nSPS) is 10.3. The third-order valence-electron chi connectivity index (χ3n) is 2.81. The molecule has 1 aromatic heterocycles. The van der Waals surface area contributed by atoms with Crippen molar-refractivity contribution in [2.24, 2.45) is 5.73 Å². The summed E-state index contributed by atoms with van der Waals surface area (Å²) in [6.45, 7) is 4.29. The van der Waals surface area contributed by atoms with Gasteiger partial charge in [-0.05, 0) is 24.6 Å². The zero-order valence-corrected chi connectivity index (χ0v) is 10.7. The average molecular weight is 241 g/mol. The summed E-state index contributed by atoms with van der Waals surface area (Å²) in [5.41, 5.74) is 7.99. The zero-order valence-electron chi connectivity index (χ0n) is 10.7. The number of hydrogen-bond donors (Lipinski definition) is 1. The Morgan fingerprint density at radius 2 is 1.83 bits per heavy atom. The number of benzene rings is 1. The minimum atomic E-state index is 0.627. The van der Waals surface area contributed by atoms with Gasteiger partial charge in [0.15, 0.2) is 0 Å². The topological polar surface area (TPSA) is 42.1 Å². The van der Waals surface area contributed by atoms with Crippen LogP contribution in [0.5, 0.6) is 0 Å². The van der Waals surface area contributed by atoms with Gasteiger partial charge in [0.2, 0.25) is 0 Å². The fourth-order valence-corrected chi connectivity index (χ4v) is 1.94. The van der Waals surface area contributed by atoms with E-state index in [-0.39, 0.29) is 0 Å². The smallest absolute Gasteiger partial charge is 0.129 e. The Balaban J connectivity index is 2.18. The summed E-state index contributed by atoms with van der Waals surface area (Å²) < 4.78 is 0. The Morgan fingerprint density at radius 3 is 2.50 bits per heavy atom. The molecular weight excluding hydrogens is 222 g/mol. The summed E-state index contributed by atoms with van der Waals surface area (Å²) >= 11 is 0. The maximum atomic E-state index is 5.69. The van der Waals surface area contributed by atoms with Crippen LogP contribution in [0.25, 0.3) is 0 Å². The zero-order chi connectivity index (χ0) is 12.8. The van der Waals surface area contributed by atoms with Crippen molar-refractivity contribution in [1.82, 2.24) is 4.98 Å². The highest BCUT2D eigenvalue weighted by atomic mass is 15.2. The van der Waals surface area contributed by atoms with Gasteiger partial charge < -0.3 is 10.6 Å². The minimum absolute atomic E-state index is 0.627. The summed E-state index contributed by atoms with van der Waals surface area (Å²) in [6, 6.07) is 16.5. The number of hydrogen-bond acceptors (Lipinski definition) is 3. The van der Waals surface area contributed by atoms with E-state index in [1.54, 1.807) is 0 Å². The molecule has 3 heteroatoms. The lowest BCUT2D eigenvalue weighted by Gasteiger charge is -2.23. The predicted molar refractivity (Wildman–Crippen MR) is 75.5 cm³/mol. The van der Waals surface area contributed by atoms with Crippen LogP contribution in [-0.4, -0.2) is 18.1 Å². The quantitative estimate of drug-likeness (QED) is 0.873. The second kappa shape index (κ2) is 6.17. The van der Waals surface area contributed by atoms with E-state index in [1.807, 2.05) is 31.2 Å². The van der Waals surface area contributed by atoms with E-state index >= 15 is 0 Å². The molecule has 18 heavy (non-hydrogen) atoms. The van der Waals surface area contributed by atoms with Crippen LogP contribution in [0, 0.1) is 6.92 Å². The summed E-state index contributed by atoms with van der Waals surface area (Å²) in [5, 5.41) is 0. The van der Waals surface area contributed by atoms with E-state index in [9.17, 15) is 0 Å². The number of aromatic nitrogens is 1. The van der Waals surface area contributed by atoms with Gasteiger partial charge in [0, 0.05) is 25.3 Å². The van der Waals surface area contributed by atoms with Gasteiger partial charge in [-0.3, -0.25) is 0 Å². The van der Waals surface area contributed by atoms with Crippen LogP contribution in [0.2, 0.25) is 0 Å². The highest BCUT2D eigenvalue weighted by molar-refractivity contribution is 5.40. The van der Waals surface area contributed by atoms with Gasteiger partial charge in [-0.15, -0.1) is 0 Å². The van der Waals surface area contributed by atoms with Gasteiger partial charge >= 0.3 is 0 Å². The van der Waals surface area contributed by atoms with Crippen molar-refractivity contribution in [3.63, 3.8) is 0 Å². The first-order chi connectivity index (χ1) is 8.79. The third-order valence-corrected chi connectivity index (χ3v) is 2.81. The molecule has 2 rings (SSSR count). The van der Waals surface area contributed by atoms with Crippen molar-refractivity contribution in [3.8, 4) is 0 Å². The molecule has 0 radical (unpaired) electrons. The first-order valence-electron chi connectivity index (χ1n) is 6.22. The van der Waals surface area contributed by atoms with E-state index in [0.29, 0.717) is 6.54 Å². The average Bonchev–Trinajstić information content (AvgIpc) is 2.39. The number of rotatable bonds is 5. The number of pyridine rings is 1. The lowest BCUT2D eigenvalue weighted by molar-refractivity contribution is 0.774. The Hall–Kier alpha value is -1.87. The number of anilines is 1. The van der Waals surface area contributed by atoms with E-state index in [1.165, 1.54) is 5.56 Å². The van der Waals surface area contributed by atoms with Crippen LogP contribution < -0.4 is 10.6 Å². The van der Waals surface area contributed by atoms with E-state index in [2.05, 4.69) is 34.1 Å². The van der Waals surface area contributed by atoms with Gasteiger partial charge in [0.25, 0.3) is 0 Å². The fraction of sp³-hybridized carbons (Fsp3) is 0.267. The molecule has 0 spiro atoms. The van der Waals surface area contributed by atoms with Crippen molar-refractivity contribution in [2.45, 2.75) is 13.5 Å². The molecule has 0 amide bonds. The van der Waals surface area contributed by atoms with Crippen LogP contribution in [0.15, 0.2) is 48.5 Å². The number of nitrogens with two attached hydrogens (primary N) is 1. The van der Waals surface area contributed by atoms with Crippen LogP contribution in [0.1, 0.15) is 11.3 Å². The molecule has 1 heterocycles.